The van der Waals surface area contributed by atoms with Crippen LogP contribution in [0.4, 0.5) is 0 Å². The molecule has 0 bridgehead atoms. The van der Waals surface area contributed by atoms with Gasteiger partial charge in [-0.25, -0.2) is 10.1 Å². The highest BCUT2D eigenvalue weighted by Gasteiger charge is 2.16. The van der Waals surface area contributed by atoms with Crippen molar-refractivity contribution in [1.29, 1.82) is 0 Å². The van der Waals surface area contributed by atoms with Crippen LogP contribution in [0, 0.1) is 6.92 Å². The average molecular weight is 366 g/mol. The van der Waals surface area contributed by atoms with E-state index in [1.54, 1.807) is 37.3 Å². The van der Waals surface area contributed by atoms with E-state index >= 15 is 0 Å². The molecule has 0 saturated carbocycles. The average Bonchev–Trinajstić information content (AvgIpc) is 3.12. The molecular formula is C20H22N4O3. The van der Waals surface area contributed by atoms with Gasteiger partial charge in [0.05, 0.1) is 5.39 Å². The molecule has 0 saturated heterocycles. The van der Waals surface area contributed by atoms with E-state index in [4.69, 9.17) is 4.42 Å². The summed E-state index contributed by atoms with van der Waals surface area (Å²) in [4.78, 5) is 25.3. The molecule has 7 nitrogen and oxygen atoms in total. The van der Waals surface area contributed by atoms with E-state index in [0.717, 1.165) is 18.6 Å². The third-order valence-corrected chi connectivity index (χ3v) is 4.23. The van der Waals surface area contributed by atoms with Crippen LogP contribution in [0.15, 0.2) is 50.7 Å². The maximum absolute atomic E-state index is 12.7. The van der Waals surface area contributed by atoms with E-state index in [1.165, 1.54) is 4.68 Å². The summed E-state index contributed by atoms with van der Waals surface area (Å²) in [6.07, 6.45) is 1.73. The summed E-state index contributed by atoms with van der Waals surface area (Å²) in [5.74, 6) is 0.874. The molecule has 1 amide bonds. The van der Waals surface area contributed by atoms with Crippen molar-refractivity contribution in [2.24, 2.45) is 5.10 Å². The predicted molar refractivity (Wildman–Crippen MR) is 104 cm³/mol. The third-order valence-electron chi connectivity index (χ3n) is 4.23. The van der Waals surface area contributed by atoms with Crippen LogP contribution in [0.1, 0.15) is 48.7 Å². The van der Waals surface area contributed by atoms with Crippen molar-refractivity contribution in [2.75, 3.05) is 0 Å². The minimum Gasteiger partial charge on any atom is -0.460 e. The molecule has 1 aromatic carbocycles. The van der Waals surface area contributed by atoms with Crippen LogP contribution < -0.4 is 11.0 Å². The Bertz CT molecular complexity index is 1060. The van der Waals surface area contributed by atoms with Gasteiger partial charge in [-0.3, -0.25) is 9.59 Å². The predicted octanol–water partition coefficient (Wildman–Crippen LogP) is 3.25. The molecule has 3 rings (SSSR count). The van der Waals surface area contributed by atoms with Gasteiger partial charge in [0.15, 0.2) is 5.69 Å². The number of aromatic nitrogens is 2. The van der Waals surface area contributed by atoms with Gasteiger partial charge in [-0.2, -0.15) is 10.2 Å². The minimum absolute atomic E-state index is 0.175. The molecule has 3 aromatic rings. The highest BCUT2D eigenvalue weighted by molar-refractivity contribution is 6.05. The monoisotopic (exact) mass is 366 g/mol. The molecule has 0 fully saturated rings. The second-order valence-electron chi connectivity index (χ2n) is 6.32. The third kappa shape index (κ3) is 3.97. The van der Waals surface area contributed by atoms with E-state index < -0.39 is 5.91 Å². The molecular weight excluding hydrogens is 344 g/mol. The van der Waals surface area contributed by atoms with E-state index in [2.05, 4.69) is 15.6 Å². The summed E-state index contributed by atoms with van der Waals surface area (Å²) in [6, 6.07) is 10.6. The maximum Gasteiger partial charge on any atom is 0.292 e. The highest BCUT2D eigenvalue weighted by atomic mass is 16.3. The van der Waals surface area contributed by atoms with E-state index in [0.29, 0.717) is 28.8 Å². The Labute approximate surface area is 156 Å². The zero-order valence-corrected chi connectivity index (χ0v) is 15.7. The number of rotatable bonds is 6. The Morgan fingerprint density at radius 2 is 1.96 bits per heavy atom. The lowest BCUT2D eigenvalue weighted by atomic mass is 10.1. The van der Waals surface area contributed by atoms with Gasteiger partial charge in [-0.05, 0) is 38.5 Å². The molecule has 0 unspecified atom stereocenters. The summed E-state index contributed by atoms with van der Waals surface area (Å²) in [5, 5.41) is 9.37. The number of nitrogens with zero attached hydrogens (tertiary/aromatic N) is 3. The first kappa shape index (κ1) is 18.6. The standard InChI is InChI=1S/C20H22N4O3/c1-4-5-12-24-20(26)16-9-7-6-8-15(16)18(23-24)19(25)22-21-14(3)17-11-10-13(2)27-17/h6-11H,4-5,12H2,1-3H3,(H,22,25)/b21-14-. The molecule has 0 aliphatic rings. The number of unbranched alkanes of at least 4 members (excludes halogenated alkanes) is 1. The topological polar surface area (TPSA) is 89.5 Å². The molecule has 140 valence electrons. The number of hydrazone groups is 1. The summed E-state index contributed by atoms with van der Waals surface area (Å²) < 4.78 is 6.84. The first-order valence-electron chi connectivity index (χ1n) is 8.92. The van der Waals surface area contributed by atoms with Crippen LogP contribution in [0.5, 0.6) is 0 Å². The van der Waals surface area contributed by atoms with Gasteiger partial charge in [0.2, 0.25) is 0 Å². The fourth-order valence-electron chi connectivity index (χ4n) is 2.73. The van der Waals surface area contributed by atoms with Gasteiger partial charge in [-0.15, -0.1) is 0 Å². The van der Waals surface area contributed by atoms with Crippen molar-refractivity contribution in [2.45, 2.75) is 40.2 Å². The smallest absolute Gasteiger partial charge is 0.292 e. The number of carbonyl (C=O) groups is 1. The lowest BCUT2D eigenvalue weighted by Gasteiger charge is -2.10. The van der Waals surface area contributed by atoms with Gasteiger partial charge in [-0.1, -0.05) is 31.5 Å². The molecule has 0 spiro atoms. The molecule has 0 radical (unpaired) electrons. The Balaban J connectivity index is 1.96. The van der Waals surface area contributed by atoms with Crippen LogP contribution in [0.2, 0.25) is 0 Å². The summed E-state index contributed by atoms with van der Waals surface area (Å²) >= 11 is 0. The highest BCUT2D eigenvalue weighted by Crippen LogP contribution is 2.14. The lowest BCUT2D eigenvalue weighted by Crippen LogP contribution is -2.29. The van der Waals surface area contributed by atoms with Crippen LogP contribution >= 0.6 is 0 Å². The number of furan rings is 1. The number of aryl methyl sites for hydroxylation is 2. The zero-order chi connectivity index (χ0) is 19.4. The van der Waals surface area contributed by atoms with Crippen molar-refractivity contribution >= 4 is 22.4 Å². The molecule has 0 atom stereocenters. The Kier molecular flexibility index (Phi) is 5.49. The molecule has 27 heavy (non-hydrogen) atoms. The number of carbonyl (C=O) groups excluding carboxylic acids is 1. The molecule has 2 aromatic heterocycles. The van der Waals surface area contributed by atoms with Gasteiger partial charge < -0.3 is 4.42 Å². The molecule has 0 aliphatic heterocycles. The van der Waals surface area contributed by atoms with Gasteiger partial charge in [0, 0.05) is 11.9 Å². The second-order valence-corrected chi connectivity index (χ2v) is 6.32. The largest absolute Gasteiger partial charge is 0.460 e. The van der Waals surface area contributed by atoms with Crippen molar-refractivity contribution in [3.63, 3.8) is 0 Å². The van der Waals surface area contributed by atoms with Crippen LogP contribution in [0.3, 0.4) is 0 Å². The van der Waals surface area contributed by atoms with Crippen molar-refractivity contribution in [1.82, 2.24) is 15.2 Å². The number of hydrogen-bond acceptors (Lipinski definition) is 5. The SMILES string of the molecule is CCCCn1nc(C(=O)N/N=C(/C)c2ccc(C)o2)c2ccccc2c1=O. The van der Waals surface area contributed by atoms with Crippen molar-refractivity contribution in [3.8, 4) is 0 Å². The summed E-state index contributed by atoms with van der Waals surface area (Å²) in [6.45, 7) is 6.08. The zero-order valence-electron chi connectivity index (χ0n) is 15.7. The van der Waals surface area contributed by atoms with Crippen LogP contribution in [0.25, 0.3) is 10.8 Å². The molecule has 0 aliphatic carbocycles. The first-order chi connectivity index (χ1) is 13.0. The molecule has 1 N–H and O–H groups in total. The van der Waals surface area contributed by atoms with Crippen molar-refractivity contribution in [3.05, 3.63) is 64.0 Å². The first-order valence-corrected chi connectivity index (χ1v) is 8.92. The van der Waals surface area contributed by atoms with E-state index in [9.17, 15) is 9.59 Å². The minimum atomic E-state index is -0.473. The number of benzene rings is 1. The second kappa shape index (κ2) is 7.99. The molecule has 2 heterocycles. The van der Waals surface area contributed by atoms with Crippen LogP contribution in [-0.4, -0.2) is 21.4 Å². The number of fused-ring (bicyclic) bond motifs is 1. The fourth-order valence-corrected chi connectivity index (χ4v) is 2.73. The Hall–Kier alpha value is -3.22. The van der Waals surface area contributed by atoms with Crippen LogP contribution in [-0.2, 0) is 6.54 Å². The molecule has 7 heteroatoms. The number of nitrogens with one attached hydrogen (secondary N) is 1. The van der Waals surface area contributed by atoms with E-state index in [1.807, 2.05) is 19.9 Å². The number of hydrogen-bond donors (Lipinski definition) is 1. The fraction of sp³-hybridized carbons (Fsp3) is 0.300. The van der Waals surface area contributed by atoms with Gasteiger partial charge in [0.1, 0.15) is 17.2 Å². The summed E-state index contributed by atoms with van der Waals surface area (Å²) in [7, 11) is 0. The normalized spacial score (nSPS) is 11.7. The quantitative estimate of drug-likeness (QED) is 0.536. The van der Waals surface area contributed by atoms with E-state index in [-0.39, 0.29) is 11.3 Å². The van der Waals surface area contributed by atoms with Gasteiger partial charge in [0.25, 0.3) is 11.5 Å². The van der Waals surface area contributed by atoms with Crippen molar-refractivity contribution < 1.29 is 9.21 Å². The lowest BCUT2D eigenvalue weighted by molar-refractivity contribution is 0.0949. The van der Waals surface area contributed by atoms with Gasteiger partial charge >= 0.3 is 0 Å². The number of amides is 1. The maximum atomic E-state index is 12.7. The summed E-state index contributed by atoms with van der Waals surface area (Å²) in [5.41, 5.74) is 3.04. The Morgan fingerprint density at radius 3 is 2.63 bits per heavy atom. The Morgan fingerprint density at radius 1 is 1.22 bits per heavy atom.